The Hall–Kier alpha value is -3.23. The molecule has 0 bridgehead atoms. The number of carbonyl (C=O) groups excluding carboxylic acids is 1. The highest BCUT2D eigenvalue weighted by molar-refractivity contribution is 6.00. The van der Waals surface area contributed by atoms with Gasteiger partial charge in [0.1, 0.15) is 5.75 Å². The van der Waals surface area contributed by atoms with Gasteiger partial charge in [-0.05, 0) is 31.4 Å². The van der Waals surface area contributed by atoms with E-state index in [1.54, 1.807) is 24.3 Å². The molecular formula is C20H21F2N3O4. The zero-order valence-electron chi connectivity index (χ0n) is 15.6. The van der Waals surface area contributed by atoms with Crippen molar-refractivity contribution in [3.63, 3.8) is 0 Å². The summed E-state index contributed by atoms with van der Waals surface area (Å²) in [6.07, 6.45) is 3.07. The molecule has 1 fully saturated rings. The van der Waals surface area contributed by atoms with Crippen molar-refractivity contribution in [2.75, 3.05) is 18.0 Å². The van der Waals surface area contributed by atoms with Gasteiger partial charge < -0.3 is 15.0 Å². The number of nitro benzene ring substituents is 1. The third-order valence-electron chi connectivity index (χ3n) is 4.76. The van der Waals surface area contributed by atoms with Crippen LogP contribution in [0.4, 0.5) is 20.2 Å². The Kier molecular flexibility index (Phi) is 6.58. The molecule has 0 spiro atoms. The first kappa shape index (κ1) is 20.5. The van der Waals surface area contributed by atoms with Gasteiger partial charge >= 0.3 is 6.61 Å². The van der Waals surface area contributed by atoms with Gasteiger partial charge in [0.05, 0.1) is 16.2 Å². The first-order valence-electron chi connectivity index (χ1n) is 9.30. The normalized spacial score (nSPS) is 14.0. The van der Waals surface area contributed by atoms with Gasteiger partial charge in [0.2, 0.25) is 0 Å². The van der Waals surface area contributed by atoms with Crippen LogP contribution in [0.15, 0.2) is 42.5 Å². The zero-order chi connectivity index (χ0) is 20.8. The summed E-state index contributed by atoms with van der Waals surface area (Å²) in [7, 11) is 0. The topological polar surface area (TPSA) is 84.7 Å². The number of nitrogens with zero attached hydrogens (tertiary/aromatic N) is 2. The van der Waals surface area contributed by atoms with Gasteiger partial charge in [-0.25, -0.2) is 0 Å². The second-order valence-electron chi connectivity index (χ2n) is 6.68. The molecule has 2 aromatic carbocycles. The molecule has 1 N–H and O–H groups in total. The highest BCUT2D eigenvalue weighted by Gasteiger charge is 2.22. The summed E-state index contributed by atoms with van der Waals surface area (Å²) in [4.78, 5) is 25.5. The Bertz CT molecular complexity index is 886. The van der Waals surface area contributed by atoms with E-state index in [1.165, 1.54) is 18.2 Å². The molecule has 1 heterocycles. The minimum atomic E-state index is -2.98. The van der Waals surface area contributed by atoms with Crippen molar-refractivity contribution in [2.24, 2.45) is 0 Å². The quantitative estimate of drug-likeness (QED) is 0.553. The fraction of sp³-hybridized carbons (Fsp3) is 0.350. The summed E-state index contributed by atoms with van der Waals surface area (Å²) >= 11 is 0. The van der Waals surface area contributed by atoms with Crippen molar-refractivity contribution in [2.45, 2.75) is 32.4 Å². The lowest BCUT2D eigenvalue weighted by Crippen LogP contribution is -2.32. The number of piperidine rings is 1. The smallest absolute Gasteiger partial charge is 0.387 e. The first-order chi connectivity index (χ1) is 14.0. The number of non-ortho nitro benzene ring substituents is 1. The van der Waals surface area contributed by atoms with Gasteiger partial charge in [-0.2, -0.15) is 8.78 Å². The number of hydrogen-bond acceptors (Lipinski definition) is 5. The van der Waals surface area contributed by atoms with Crippen molar-refractivity contribution in [1.82, 2.24) is 5.32 Å². The summed E-state index contributed by atoms with van der Waals surface area (Å²) in [6.45, 7) is -1.50. The maximum Gasteiger partial charge on any atom is 0.387 e. The highest BCUT2D eigenvalue weighted by atomic mass is 19.3. The predicted molar refractivity (Wildman–Crippen MR) is 103 cm³/mol. The SMILES string of the molecule is O=C(NCc1ccccc1OC(F)F)c1cc([N+](=O)[O-])ccc1N1CCCCC1. The molecule has 1 saturated heterocycles. The summed E-state index contributed by atoms with van der Waals surface area (Å²) in [5.74, 6) is -0.542. The number of carbonyl (C=O) groups is 1. The molecule has 0 aromatic heterocycles. The number of halogens is 2. The number of nitro groups is 1. The number of alkyl halides is 2. The Morgan fingerprint density at radius 2 is 1.90 bits per heavy atom. The molecule has 3 rings (SSSR count). The molecule has 0 aliphatic carbocycles. The van der Waals surface area contributed by atoms with E-state index in [9.17, 15) is 23.7 Å². The minimum absolute atomic E-state index is 0.0295. The monoisotopic (exact) mass is 405 g/mol. The summed E-state index contributed by atoms with van der Waals surface area (Å²) in [5.41, 5.74) is 1.02. The molecule has 1 amide bonds. The third kappa shape index (κ3) is 5.18. The van der Waals surface area contributed by atoms with E-state index in [0.29, 0.717) is 11.3 Å². The molecule has 0 atom stereocenters. The number of rotatable bonds is 7. The van der Waals surface area contributed by atoms with Crippen LogP contribution in [0.2, 0.25) is 0 Å². The number of nitrogens with one attached hydrogen (secondary N) is 1. The van der Waals surface area contributed by atoms with Crippen molar-refractivity contribution in [3.8, 4) is 5.75 Å². The summed E-state index contributed by atoms with van der Waals surface area (Å²) in [5, 5.41) is 13.8. The van der Waals surface area contributed by atoms with Crippen LogP contribution >= 0.6 is 0 Å². The van der Waals surface area contributed by atoms with Crippen molar-refractivity contribution in [1.29, 1.82) is 0 Å². The second-order valence-corrected chi connectivity index (χ2v) is 6.68. The van der Waals surface area contributed by atoms with E-state index in [2.05, 4.69) is 10.1 Å². The van der Waals surface area contributed by atoms with Gasteiger partial charge in [0.15, 0.2) is 0 Å². The van der Waals surface area contributed by atoms with Gasteiger partial charge in [0.25, 0.3) is 11.6 Å². The van der Waals surface area contributed by atoms with Crippen LogP contribution in [0.1, 0.15) is 35.2 Å². The van der Waals surface area contributed by atoms with Gasteiger partial charge in [-0.15, -0.1) is 0 Å². The van der Waals surface area contributed by atoms with E-state index in [4.69, 9.17) is 0 Å². The Morgan fingerprint density at radius 1 is 1.17 bits per heavy atom. The highest BCUT2D eigenvalue weighted by Crippen LogP contribution is 2.28. The number of hydrogen-bond donors (Lipinski definition) is 1. The first-order valence-corrected chi connectivity index (χ1v) is 9.30. The predicted octanol–water partition coefficient (Wildman–Crippen LogP) is 4.12. The Balaban J connectivity index is 1.82. The molecule has 2 aromatic rings. The average molecular weight is 405 g/mol. The molecule has 1 aliphatic heterocycles. The molecular weight excluding hydrogens is 384 g/mol. The second kappa shape index (κ2) is 9.31. The molecule has 7 nitrogen and oxygen atoms in total. The largest absolute Gasteiger partial charge is 0.434 e. The molecule has 1 aliphatic rings. The van der Waals surface area contributed by atoms with E-state index in [1.807, 2.05) is 4.90 Å². The lowest BCUT2D eigenvalue weighted by Gasteiger charge is -2.30. The molecule has 154 valence electrons. The van der Waals surface area contributed by atoms with Crippen molar-refractivity contribution < 1.29 is 23.2 Å². The summed E-state index contributed by atoms with van der Waals surface area (Å²) in [6, 6.07) is 10.4. The van der Waals surface area contributed by atoms with Crippen LogP contribution in [0.25, 0.3) is 0 Å². The fourth-order valence-corrected chi connectivity index (χ4v) is 3.36. The average Bonchev–Trinajstić information content (AvgIpc) is 2.72. The molecule has 29 heavy (non-hydrogen) atoms. The van der Waals surface area contributed by atoms with E-state index >= 15 is 0 Å². The number of amides is 1. The maximum atomic E-state index is 12.8. The van der Waals surface area contributed by atoms with Crippen LogP contribution in [0.5, 0.6) is 5.75 Å². The van der Waals surface area contributed by atoms with Crippen molar-refractivity contribution in [3.05, 3.63) is 63.7 Å². The van der Waals surface area contributed by atoms with Crippen LogP contribution in [0, 0.1) is 10.1 Å². The molecule has 0 unspecified atom stereocenters. The van der Waals surface area contributed by atoms with Crippen LogP contribution in [-0.2, 0) is 6.54 Å². The Labute approximate surface area is 166 Å². The van der Waals surface area contributed by atoms with E-state index in [-0.39, 0.29) is 23.5 Å². The number of ether oxygens (including phenoxy) is 1. The molecule has 9 heteroatoms. The van der Waals surface area contributed by atoms with Gasteiger partial charge in [0, 0.05) is 37.3 Å². The van der Waals surface area contributed by atoms with Crippen molar-refractivity contribution >= 4 is 17.3 Å². The lowest BCUT2D eigenvalue weighted by molar-refractivity contribution is -0.384. The van der Waals surface area contributed by atoms with Crippen LogP contribution in [0.3, 0.4) is 0 Å². The Morgan fingerprint density at radius 3 is 2.59 bits per heavy atom. The lowest BCUT2D eigenvalue weighted by atomic mass is 10.1. The minimum Gasteiger partial charge on any atom is -0.434 e. The van der Waals surface area contributed by atoms with E-state index < -0.39 is 17.4 Å². The summed E-state index contributed by atoms with van der Waals surface area (Å²) < 4.78 is 29.6. The number of para-hydroxylation sites is 1. The van der Waals surface area contributed by atoms with Gasteiger partial charge in [-0.3, -0.25) is 14.9 Å². The maximum absolute atomic E-state index is 12.8. The molecule has 0 saturated carbocycles. The standard InChI is InChI=1S/C20H21F2N3O4/c21-20(22)29-18-7-3-2-6-14(18)13-23-19(26)16-12-15(25(27)28)8-9-17(16)24-10-4-1-5-11-24/h2-3,6-9,12,20H,1,4-5,10-11,13H2,(H,23,26). The zero-order valence-corrected chi connectivity index (χ0v) is 15.6. The van der Waals surface area contributed by atoms with Gasteiger partial charge in [-0.1, -0.05) is 18.2 Å². The third-order valence-corrected chi connectivity index (χ3v) is 4.76. The van der Waals surface area contributed by atoms with Crippen LogP contribution in [-0.4, -0.2) is 30.5 Å². The van der Waals surface area contributed by atoms with E-state index in [0.717, 1.165) is 32.4 Å². The number of anilines is 1. The van der Waals surface area contributed by atoms with Crippen LogP contribution < -0.4 is 15.0 Å². The number of benzene rings is 2. The fourth-order valence-electron chi connectivity index (χ4n) is 3.36. The molecule has 0 radical (unpaired) electrons.